The fraction of sp³-hybridized carbons (Fsp3) is 0.477. The monoisotopic (exact) mass is 730 g/mol. The molecular weight excluding hydrogens is 681 g/mol. The molecule has 0 unspecified atom stereocenters. The number of carbonyl (C=O) groups excluding carboxylic acids is 1. The lowest BCUT2D eigenvalue weighted by atomic mass is 9.73. The molecule has 0 radical (unpaired) electrons. The number of hydrogen-bond donors (Lipinski definition) is 6. The Kier molecular flexibility index (Phi) is 10.3. The Hall–Kier alpha value is -4.55. The van der Waals surface area contributed by atoms with Crippen LogP contribution in [-0.4, -0.2) is 49.4 Å². The fourth-order valence-corrected chi connectivity index (χ4v) is 9.06. The molecule has 1 aliphatic carbocycles. The molecule has 4 aromatic rings. The number of nitrogens with one attached hydrogen (secondary N) is 2. The third-order valence-electron chi connectivity index (χ3n) is 11.9. The second-order valence-electron chi connectivity index (χ2n) is 15.6. The molecule has 0 saturated heterocycles. The number of ketones is 1. The maximum atomic E-state index is 12.9. The first-order valence-electron chi connectivity index (χ1n) is 19.6. The number of carbonyl (C=O) groups is 1. The molecule has 1 fully saturated rings. The van der Waals surface area contributed by atoms with Crippen molar-refractivity contribution in [3.05, 3.63) is 82.3 Å². The van der Waals surface area contributed by atoms with Gasteiger partial charge >= 0.3 is 0 Å². The number of aromatic nitrogens is 2. The summed E-state index contributed by atoms with van der Waals surface area (Å²) in [5, 5.41) is 36.8. The van der Waals surface area contributed by atoms with Crippen molar-refractivity contribution < 1.29 is 29.6 Å². The number of aliphatic hydroxyl groups is 3. The summed E-state index contributed by atoms with van der Waals surface area (Å²) in [4.78, 5) is 16.4. The van der Waals surface area contributed by atoms with E-state index in [4.69, 9.17) is 15.2 Å². The van der Waals surface area contributed by atoms with Crippen molar-refractivity contribution in [1.82, 2.24) is 14.9 Å². The van der Waals surface area contributed by atoms with E-state index in [0.717, 1.165) is 83.8 Å². The molecule has 2 aromatic heterocycles. The highest BCUT2D eigenvalue weighted by atomic mass is 16.5. The smallest absolute Gasteiger partial charge is 0.191 e. The number of H-pyrrole nitrogens is 1. The summed E-state index contributed by atoms with van der Waals surface area (Å²) in [5.41, 5.74) is 13.0. The summed E-state index contributed by atoms with van der Waals surface area (Å²) < 4.78 is 15.3. The third kappa shape index (κ3) is 7.18. The van der Waals surface area contributed by atoms with Crippen LogP contribution in [0.3, 0.4) is 0 Å². The molecule has 2 aromatic carbocycles. The minimum atomic E-state index is -1.03. The second-order valence-corrected chi connectivity index (χ2v) is 15.6. The summed E-state index contributed by atoms with van der Waals surface area (Å²) in [6, 6.07) is 9.67. The molecule has 7 N–H and O–H groups in total. The van der Waals surface area contributed by atoms with Gasteiger partial charge in [-0.15, -0.1) is 0 Å². The van der Waals surface area contributed by atoms with Gasteiger partial charge < -0.3 is 40.1 Å². The van der Waals surface area contributed by atoms with Crippen molar-refractivity contribution in [3.63, 3.8) is 0 Å². The topological polar surface area (TPSA) is 155 Å². The molecule has 6 atom stereocenters. The molecule has 2 bridgehead atoms. The lowest BCUT2D eigenvalue weighted by Crippen LogP contribution is -2.36. The highest BCUT2D eigenvalue weighted by Crippen LogP contribution is 2.50. The van der Waals surface area contributed by atoms with Gasteiger partial charge in [-0.2, -0.15) is 0 Å². The van der Waals surface area contributed by atoms with Crippen molar-refractivity contribution in [2.24, 2.45) is 17.1 Å². The SMILES string of the molecule is CCC[C@H](O)C[C@@H](O)CC(=O)CCc1ccc2c(c1)O[C@H]1[C@@H](C#C[C@H](O)c3ccc4c(c3Cc3c[nH]c5cn1cc35)CCN[C@H]4N)C1(C#CO2)CCCC1. The van der Waals surface area contributed by atoms with Crippen LogP contribution in [0, 0.1) is 35.2 Å². The quantitative estimate of drug-likeness (QED) is 0.121. The summed E-state index contributed by atoms with van der Waals surface area (Å²) in [5.74, 6) is 10.9. The Bertz CT molecular complexity index is 2160. The van der Waals surface area contributed by atoms with E-state index < -0.39 is 35.9 Å². The van der Waals surface area contributed by atoms with Gasteiger partial charge in [0.2, 0.25) is 0 Å². The number of aryl methyl sites for hydroxylation is 1. The van der Waals surface area contributed by atoms with Gasteiger partial charge in [-0.25, -0.2) is 0 Å². The Labute approximate surface area is 316 Å². The van der Waals surface area contributed by atoms with Gasteiger partial charge in [0.15, 0.2) is 17.7 Å². The number of fused-ring (bicyclic) bond motifs is 8. The number of benzene rings is 2. The van der Waals surface area contributed by atoms with Crippen molar-refractivity contribution in [2.75, 3.05) is 6.54 Å². The van der Waals surface area contributed by atoms with Crippen LogP contribution in [0.25, 0.3) is 10.9 Å². The zero-order chi connectivity index (χ0) is 37.4. The lowest BCUT2D eigenvalue weighted by molar-refractivity contribution is -0.121. The van der Waals surface area contributed by atoms with E-state index in [9.17, 15) is 20.1 Å². The molecule has 54 heavy (non-hydrogen) atoms. The van der Waals surface area contributed by atoms with E-state index in [0.29, 0.717) is 30.8 Å². The van der Waals surface area contributed by atoms with Crippen LogP contribution in [0.2, 0.25) is 0 Å². The van der Waals surface area contributed by atoms with Gasteiger partial charge in [-0.05, 0) is 84.0 Å². The first-order valence-corrected chi connectivity index (χ1v) is 19.6. The van der Waals surface area contributed by atoms with Crippen molar-refractivity contribution in [1.29, 1.82) is 0 Å². The van der Waals surface area contributed by atoms with Crippen molar-refractivity contribution >= 4 is 16.7 Å². The molecule has 10 nitrogen and oxygen atoms in total. The van der Waals surface area contributed by atoms with E-state index in [2.05, 4.69) is 57.3 Å². The van der Waals surface area contributed by atoms with E-state index in [1.54, 1.807) is 0 Å². The van der Waals surface area contributed by atoms with E-state index >= 15 is 0 Å². The first-order chi connectivity index (χ1) is 26.2. The number of aliphatic hydroxyl groups excluding tert-OH is 3. The number of nitrogens with two attached hydrogens (primary N) is 1. The highest BCUT2D eigenvalue weighted by molar-refractivity contribution is 5.83. The Balaban J connectivity index is 1.16. The summed E-state index contributed by atoms with van der Waals surface area (Å²) in [6.45, 7) is 2.75. The molecule has 8 rings (SSSR count). The number of hydrogen-bond acceptors (Lipinski definition) is 8. The van der Waals surface area contributed by atoms with Gasteiger partial charge in [0, 0.05) is 49.8 Å². The number of nitrogens with zero attached hydrogens (tertiary/aromatic N) is 1. The minimum Gasteiger partial charge on any atom is -0.465 e. The maximum Gasteiger partial charge on any atom is 0.191 e. The normalized spacial score (nSPS) is 23.5. The average Bonchev–Trinajstić information content (AvgIpc) is 3.89. The molecule has 1 saturated carbocycles. The average molecular weight is 731 g/mol. The van der Waals surface area contributed by atoms with E-state index in [1.807, 2.05) is 37.3 Å². The molecule has 1 spiro atoms. The van der Waals surface area contributed by atoms with Gasteiger partial charge in [-0.3, -0.25) is 10.1 Å². The standard InChI is InChI=1S/C44H50N4O6/c1-2-5-29(49)22-31(51)23-30(50)8-6-27-7-13-40-41(20-27)54-43-37(44(17-19-53-40)15-3-4-16-44)11-12-39(52)33-9-10-34-32(14-18-46-42(34)45)35(33)21-28-24-47-38-26-48(43)25-36(28)38/h7,9-10,13,20,24-26,29,31,37,39,42-43,46-47,49,51-52H,2-6,8,14-16,18,21-23,45H2,1H3/t29-,31+,37+,39-,42+,43-/m0/s1. The van der Waals surface area contributed by atoms with Gasteiger partial charge in [0.25, 0.3) is 0 Å². The Morgan fingerprint density at radius 2 is 1.91 bits per heavy atom. The molecule has 4 aliphatic rings. The summed E-state index contributed by atoms with van der Waals surface area (Å²) >= 11 is 0. The number of aromatic amines is 1. The van der Waals surface area contributed by atoms with Crippen LogP contribution >= 0.6 is 0 Å². The van der Waals surface area contributed by atoms with Gasteiger partial charge in [-0.1, -0.05) is 62.1 Å². The van der Waals surface area contributed by atoms with Crippen LogP contribution in [0.15, 0.2) is 48.9 Å². The zero-order valence-corrected chi connectivity index (χ0v) is 30.9. The molecular formula is C44H50N4O6. The third-order valence-corrected chi connectivity index (χ3v) is 11.9. The number of Topliss-reactive ketones (excluding diaryl/α,β-unsaturated/α-hetero) is 1. The van der Waals surface area contributed by atoms with Crippen molar-refractivity contribution in [2.45, 2.75) is 115 Å². The first kappa shape index (κ1) is 36.4. The molecule has 282 valence electrons. The fourth-order valence-electron chi connectivity index (χ4n) is 9.06. The van der Waals surface area contributed by atoms with Crippen LogP contribution in [0.5, 0.6) is 11.5 Å². The molecule has 10 heteroatoms. The Morgan fingerprint density at radius 3 is 2.74 bits per heavy atom. The lowest BCUT2D eigenvalue weighted by Gasteiger charge is -2.35. The van der Waals surface area contributed by atoms with Crippen molar-refractivity contribution in [3.8, 4) is 35.4 Å². The maximum absolute atomic E-state index is 12.9. The summed E-state index contributed by atoms with van der Waals surface area (Å²) in [6.07, 6.45) is 13.3. The highest BCUT2D eigenvalue weighted by Gasteiger charge is 2.46. The second kappa shape index (κ2) is 15.3. The van der Waals surface area contributed by atoms with Crippen LogP contribution in [0.4, 0.5) is 0 Å². The summed E-state index contributed by atoms with van der Waals surface area (Å²) in [7, 11) is 0. The van der Waals surface area contributed by atoms with Crippen LogP contribution in [0.1, 0.15) is 117 Å². The molecule has 0 amide bonds. The molecule has 5 heterocycles. The van der Waals surface area contributed by atoms with E-state index in [1.165, 1.54) is 5.56 Å². The predicted octanol–water partition coefficient (Wildman–Crippen LogP) is 5.62. The predicted molar refractivity (Wildman–Crippen MR) is 205 cm³/mol. The van der Waals surface area contributed by atoms with Gasteiger partial charge in [0.1, 0.15) is 18.0 Å². The Morgan fingerprint density at radius 1 is 1.07 bits per heavy atom. The van der Waals surface area contributed by atoms with Crippen LogP contribution in [-0.2, 0) is 24.1 Å². The number of rotatable bonds is 9. The van der Waals surface area contributed by atoms with Crippen LogP contribution < -0.4 is 20.5 Å². The molecule has 3 aliphatic heterocycles. The number of ether oxygens (including phenoxy) is 2. The minimum absolute atomic E-state index is 0.0116. The zero-order valence-electron chi connectivity index (χ0n) is 30.9. The van der Waals surface area contributed by atoms with Gasteiger partial charge in [0.05, 0.1) is 35.2 Å². The van der Waals surface area contributed by atoms with E-state index in [-0.39, 0.29) is 31.2 Å². The largest absolute Gasteiger partial charge is 0.465 e.